The van der Waals surface area contributed by atoms with E-state index in [4.69, 9.17) is 0 Å². The van der Waals surface area contributed by atoms with Gasteiger partial charge in [0.15, 0.2) is 0 Å². The number of benzene rings is 2. The second kappa shape index (κ2) is 6.90. The van der Waals surface area contributed by atoms with Gasteiger partial charge >= 0.3 is 0 Å². The molecule has 0 fully saturated rings. The number of anilines is 1. The molecule has 0 aromatic heterocycles. The molecule has 1 amide bonds. The number of amides is 1. The van der Waals surface area contributed by atoms with E-state index in [1.54, 1.807) is 0 Å². The standard InChI is InChI=1S/C18H21NO/c1-3-10-18(20)19(17-13-8-5-9-14-17)15(2)16-11-6-4-7-12-16/h4-9,11-15H,3,10H2,1-2H3. The fourth-order valence-corrected chi connectivity index (χ4v) is 2.39. The predicted molar refractivity (Wildman–Crippen MR) is 83.7 cm³/mol. The van der Waals surface area contributed by atoms with E-state index in [0.717, 1.165) is 17.7 Å². The summed E-state index contributed by atoms with van der Waals surface area (Å²) in [6.45, 7) is 4.12. The highest BCUT2D eigenvalue weighted by Gasteiger charge is 2.22. The zero-order valence-electron chi connectivity index (χ0n) is 12.1. The first kappa shape index (κ1) is 14.3. The number of carbonyl (C=O) groups excluding carboxylic acids is 1. The summed E-state index contributed by atoms with van der Waals surface area (Å²) in [5.41, 5.74) is 2.11. The molecule has 0 aliphatic carbocycles. The molecule has 1 atom stereocenters. The molecule has 0 N–H and O–H groups in total. The smallest absolute Gasteiger partial charge is 0.227 e. The number of carbonyl (C=O) groups is 1. The van der Waals surface area contributed by atoms with E-state index in [9.17, 15) is 4.79 Å². The molecule has 0 aliphatic heterocycles. The predicted octanol–water partition coefficient (Wildman–Crippen LogP) is 4.58. The first-order valence-corrected chi connectivity index (χ1v) is 7.16. The number of nitrogens with zero attached hydrogens (tertiary/aromatic N) is 1. The van der Waals surface area contributed by atoms with E-state index in [1.807, 2.05) is 60.4 Å². The summed E-state index contributed by atoms with van der Waals surface area (Å²) in [7, 11) is 0. The number of hydrogen-bond donors (Lipinski definition) is 0. The highest BCUT2D eigenvalue weighted by Crippen LogP contribution is 2.27. The molecule has 2 aromatic carbocycles. The van der Waals surface area contributed by atoms with Crippen molar-refractivity contribution in [3.8, 4) is 0 Å². The fraction of sp³-hybridized carbons (Fsp3) is 0.278. The van der Waals surface area contributed by atoms with E-state index in [1.165, 1.54) is 0 Å². The van der Waals surface area contributed by atoms with Crippen LogP contribution < -0.4 is 4.90 Å². The summed E-state index contributed by atoms with van der Waals surface area (Å²) >= 11 is 0. The lowest BCUT2D eigenvalue weighted by Crippen LogP contribution is -2.33. The quantitative estimate of drug-likeness (QED) is 0.776. The van der Waals surface area contributed by atoms with Crippen molar-refractivity contribution < 1.29 is 4.79 Å². The van der Waals surface area contributed by atoms with E-state index in [2.05, 4.69) is 19.1 Å². The summed E-state index contributed by atoms with van der Waals surface area (Å²) in [6.07, 6.45) is 1.44. The highest BCUT2D eigenvalue weighted by molar-refractivity contribution is 5.94. The summed E-state index contributed by atoms with van der Waals surface area (Å²) in [5, 5.41) is 0. The Morgan fingerprint density at radius 2 is 1.55 bits per heavy atom. The minimum absolute atomic E-state index is 0.0395. The van der Waals surface area contributed by atoms with Crippen molar-refractivity contribution in [3.05, 3.63) is 66.2 Å². The van der Waals surface area contributed by atoms with Crippen LogP contribution in [0.4, 0.5) is 5.69 Å². The zero-order chi connectivity index (χ0) is 14.4. The van der Waals surface area contributed by atoms with Crippen LogP contribution in [0.15, 0.2) is 60.7 Å². The van der Waals surface area contributed by atoms with Gasteiger partial charge in [-0.3, -0.25) is 4.79 Å². The van der Waals surface area contributed by atoms with Gasteiger partial charge in [0.1, 0.15) is 0 Å². The number of para-hydroxylation sites is 1. The molecule has 2 heteroatoms. The van der Waals surface area contributed by atoms with Crippen LogP contribution in [-0.4, -0.2) is 5.91 Å². The zero-order valence-corrected chi connectivity index (χ0v) is 12.1. The monoisotopic (exact) mass is 267 g/mol. The Labute approximate surface area is 121 Å². The van der Waals surface area contributed by atoms with E-state index < -0.39 is 0 Å². The molecule has 104 valence electrons. The Hall–Kier alpha value is -2.09. The molecular formula is C18H21NO. The third-order valence-corrected chi connectivity index (χ3v) is 3.44. The molecule has 1 unspecified atom stereocenters. The van der Waals surface area contributed by atoms with Crippen molar-refractivity contribution in [2.45, 2.75) is 32.7 Å². The van der Waals surface area contributed by atoms with E-state index in [0.29, 0.717) is 6.42 Å². The van der Waals surface area contributed by atoms with Crippen molar-refractivity contribution in [1.29, 1.82) is 0 Å². The van der Waals surface area contributed by atoms with Crippen molar-refractivity contribution in [2.24, 2.45) is 0 Å². The maximum absolute atomic E-state index is 12.5. The second-order valence-corrected chi connectivity index (χ2v) is 4.94. The third-order valence-electron chi connectivity index (χ3n) is 3.44. The van der Waals surface area contributed by atoms with Crippen molar-refractivity contribution in [3.63, 3.8) is 0 Å². The Morgan fingerprint density at radius 1 is 1.00 bits per heavy atom. The van der Waals surface area contributed by atoms with Crippen molar-refractivity contribution in [1.82, 2.24) is 0 Å². The normalized spacial score (nSPS) is 11.9. The average Bonchev–Trinajstić information content (AvgIpc) is 2.50. The Balaban J connectivity index is 2.34. The minimum Gasteiger partial charge on any atom is -0.305 e. The summed E-state index contributed by atoms with van der Waals surface area (Å²) in [6, 6.07) is 20.1. The number of hydrogen-bond acceptors (Lipinski definition) is 1. The van der Waals surface area contributed by atoms with Gasteiger partial charge in [0, 0.05) is 12.1 Å². The third kappa shape index (κ3) is 3.27. The molecule has 0 bridgehead atoms. The molecule has 0 heterocycles. The van der Waals surface area contributed by atoms with Crippen LogP contribution >= 0.6 is 0 Å². The average molecular weight is 267 g/mol. The van der Waals surface area contributed by atoms with Crippen molar-refractivity contribution >= 4 is 11.6 Å². The maximum atomic E-state index is 12.5. The molecule has 0 saturated heterocycles. The van der Waals surface area contributed by atoms with Crippen LogP contribution in [0, 0.1) is 0 Å². The van der Waals surface area contributed by atoms with Gasteiger partial charge in [-0.2, -0.15) is 0 Å². The largest absolute Gasteiger partial charge is 0.305 e. The lowest BCUT2D eigenvalue weighted by molar-refractivity contribution is -0.119. The van der Waals surface area contributed by atoms with Gasteiger partial charge in [0.2, 0.25) is 5.91 Å². The van der Waals surface area contributed by atoms with E-state index in [-0.39, 0.29) is 11.9 Å². The van der Waals surface area contributed by atoms with Crippen LogP contribution in [0.2, 0.25) is 0 Å². The number of rotatable bonds is 5. The molecule has 2 rings (SSSR count). The van der Waals surface area contributed by atoms with Crippen LogP contribution in [-0.2, 0) is 4.79 Å². The summed E-state index contributed by atoms with van der Waals surface area (Å²) in [5.74, 6) is 0.176. The highest BCUT2D eigenvalue weighted by atomic mass is 16.2. The Bertz CT molecular complexity index is 536. The maximum Gasteiger partial charge on any atom is 0.227 e. The van der Waals surface area contributed by atoms with Crippen LogP contribution in [0.3, 0.4) is 0 Å². The second-order valence-electron chi connectivity index (χ2n) is 4.94. The van der Waals surface area contributed by atoms with Crippen LogP contribution in [0.25, 0.3) is 0 Å². The fourth-order valence-electron chi connectivity index (χ4n) is 2.39. The van der Waals surface area contributed by atoms with Gasteiger partial charge in [0.25, 0.3) is 0 Å². The summed E-state index contributed by atoms with van der Waals surface area (Å²) in [4.78, 5) is 14.4. The first-order chi connectivity index (χ1) is 9.74. The Morgan fingerprint density at radius 3 is 2.10 bits per heavy atom. The molecular weight excluding hydrogens is 246 g/mol. The van der Waals surface area contributed by atoms with Crippen molar-refractivity contribution in [2.75, 3.05) is 4.90 Å². The van der Waals surface area contributed by atoms with Gasteiger partial charge in [0.05, 0.1) is 6.04 Å². The van der Waals surface area contributed by atoms with Gasteiger partial charge in [-0.1, -0.05) is 55.5 Å². The van der Waals surface area contributed by atoms with Gasteiger partial charge < -0.3 is 4.90 Å². The van der Waals surface area contributed by atoms with E-state index >= 15 is 0 Å². The van der Waals surface area contributed by atoms with Gasteiger partial charge in [-0.15, -0.1) is 0 Å². The summed E-state index contributed by atoms with van der Waals surface area (Å²) < 4.78 is 0. The Kier molecular flexibility index (Phi) is 4.94. The van der Waals surface area contributed by atoms with Gasteiger partial charge in [-0.25, -0.2) is 0 Å². The van der Waals surface area contributed by atoms with Gasteiger partial charge in [-0.05, 0) is 31.0 Å². The molecule has 0 saturated carbocycles. The van der Waals surface area contributed by atoms with Crippen LogP contribution in [0.5, 0.6) is 0 Å². The van der Waals surface area contributed by atoms with Crippen LogP contribution in [0.1, 0.15) is 38.3 Å². The SMILES string of the molecule is CCCC(=O)N(c1ccccc1)C(C)c1ccccc1. The molecule has 2 aromatic rings. The minimum atomic E-state index is 0.0395. The lowest BCUT2D eigenvalue weighted by atomic mass is 10.1. The first-order valence-electron chi connectivity index (χ1n) is 7.16. The molecule has 0 aliphatic rings. The molecule has 2 nitrogen and oxygen atoms in total. The molecule has 20 heavy (non-hydrogen) atoms. The molecule has 0 spiro atoms. The lowest BCUT2D eigenvalue weighted by Gasteiger charge is -2.30. The topological polar surface area (TPSA) is 20.3 Å². The molecule has 0 radical (unpaired) electrons.